The molecule has 0 saturated carbocycles. The number of alkyl halides is 6. The predicted octanol–water partition coefficient (Wildman–Crippen LogP) is 6.52. The smallest absolute Gasteiger partial charge is 0.256 e. The first-order valence-electron chi connectivity index (χ1n) is 8.31. The van der Waals surface area contributed by atoms with Crippen LogP contribution in [-0.4, -0.2) is 4.98 Å². The van der Waals surface area contributed by atoms with Gasteiger partial charge < -0.3 is 0 Å². The second-order valence-corrected chi connectivity index (χ2v) is 6.22. The van der Waals surface area contributed by atoms with Crippen molar-refractivity contribution in [1.29, 1.82) is 5.26 Å². The summed E-state index contributed by atoms with van der Waals surface area (Å²) in [5, 5.41) is 9.09. The maximum absolute atomic E-state index is 13.0. The van der Waals surface area contributed by atoms with Crippen molar-refractivity contribution in [2.45, 2.75) is 18.8 Å². The Balaban J connectivity index is 2.09. The van der Waals surface area contributed by atoms with E-state index in [4.69, 9.17) is 5.26 Å². The maximum Gasteiger partial charge on any atom is 0.416 e. The van der Waals surface area contributed by atoms with E-state index in [2.05, 4.69) is 4.98 Å². The molecule has 0 atom stereocenters. The van der Waals surface area contributed by atoms with Crippen LogP contribution in [0.25, 0.3) is 22.4 Å². The Morgan fingerprint density at radius 1 is 0.793 bits per heavy atom. The predicted molar refractivity (Wildman–Crippen MR) is 94.4 cm³/mol. The summed E-state index contributed by atoms with van der Waals surface area (Å²) in [6.07, 6.45) is -7.92. The number of aromatic nitrogens is 1. The molecule has 0 aliphatic carbocycles. The lowest BCUT2D eigenvalue weighted by Crippen LogP contribution is -2.05. The highest BCUT2D eigenvalue weighted by molar-refractivity contribution is 5.72. The molecule has 29 heavy (non-hydrogen) atoms. The minimum absolute atomic E-state index is 0.139. The molecule has 3 aromatic rings. The lowest BCUT2D eigenvalue weighted by Gasteiger charge is -2.13. The van der Waals surface area contributed by atoms with Gasteiger partial charge in [-0.05, 0) is 41.5 Å². The molecule has 8 heteroatoms. The zero-order chi connectivity index (χ0) is 21.2. The first kappa shape index (κ1) is 20.4. The number of hydrogen-bond acceptors (Lipinski definition) is 2. The lowest BCUT2D eigenvalue weighted by molar-refractivity contribution is -0.138. The molecule has 0 fully saturated rings. The average Bonchev–Trinajstić information content (AvgIpc) is 2.67. The monoisotopic (exact) mass is 406 g/mol. The van der Waals surface area contributed by atoms with Gasteiger partial charge in [0.05, 0.1) is 29.3 Å². The largest absolute Gasteiger partial charge is 0.416 e. The van der Waals surface area contributed by atoms with Crippen molar-refractivity contribution in [1.82, 2.24) is 4.98 Å². The van der Waals surface area contributed by atoms with Crippen LogP contribution < -0.4 is 0 Å². The van der Waals surface area contributed by atoms with E-state index in [1.54, 1.807) is 0 Å². The maximum atomic E-state index is 13.0. The van der Waals surface area contributed by atoms with Crippen LogP contribution in [-0.2, 0) is 18.8 Å². The van der Waals surface area contributed by atoms with Gasteiger partial charge in [0.25, 0.3) is 0 Å². The fraction of sp³-hybridized carbons (Fsp3) is 0.143. The number of nitrogens with zero attached hydrogens (tertiary/aromatic N) is 2. The molecular weight excluding hydrogens is 394 g/mol. The Bertz CT molecular complexity index is 1080. The Labute approximate surface area is 162 Å². The van der Waals surface area contributed by atoms with Gasteiger partial charge in [0, 0.05) is 17.3 Å². The Hall–Kier alpha value is -3.34. The molecule has 0 bridgehead atoms. The molecular formula is C21H12F6N2. The van der Waals surface area contributed by atoms with Crippen molar-refractivity contribution in [2.75, 3.05) is 0 Å². The van der Waals surface area contributed by atoms with Crippen molar-refractivity contribution in [3.8, 4) is 28.5 Å². The van der Waals surface area contributed by atoms with E-state index in [-0.39, 0.29) is 23.2 Å². The number of nitriles is 1. The highest BCUT2D eigenvalue weighted by Gasteiger charge is 2.31. The second kappa shape index (κ2) is 7.59. The third kappa shape index (κ3) is 4.57. The number of hydrogen-bond donors (Lipinski definition) is 0. The SMILES string of the molecule is N#CCc1cc(-c2cccc(C(F)(F)F)c2)ncc1-c1cccc(C(F)(F)F)c1. The van der Waals surface area contributed by atoms with Crippen molar-refractivity contribution < 1.29 is 26.3 Å². The third-order valence-electron chi connectivity index (χ3n) is 4.25. The molecule has 0 aliphatic rings. The van der Waals surface area contributed by atoms with E-state index in [9.17, 15) is 26.3 Å². The first-order valence-corrected chi connectivity index (χ1v) is 8.31. The van der Waals surface area contributed by atoms with Crippen molar-refractivity contribution >= 4 is 0 Å². The normalized spacial score (nSPS) is 11.9. The van der Waals surface area contributed by atoms with Gasteiger partial charge in [-0.15, -0.1) is 0 Å². The molecule has 148 valence electrons. The van der Waals surface area contributed by atoms with Crippen molar-refractivity contribution in [3.63, 3.8) is 0 Å². The van der Waals surface area contributed by atoms with Crippen LogP contribution in [0.3, 0.4) is 0 Å². The van der Waals surface area contributed by atoms with Crippen LogP contribution in [0.4, 0.5) is 26.3 Å². The van der Waals surface area contributed by atoms with Crippen LogP contribution in [0, 0.1) is 11.3 Å². The van der Waals surface area contributed by atoms with Gasteiger partial charge >= 0.3 is 12.4 Å². The standard InChI is InChI=1S/C21H12F6N2/c22-20(23,24)16-5-1-3-13(9-16)18-12-29-19(11-14(18)7-8-28)15-4-2-6-17(10-15)21(25,26)27/h1-6,9-12H,7H2. The number of halogens is 6. The van der Waals surface area contributed by atoms with Crippen LogP contribution in [0.1, 0.15) is 16.7 Å². The summed E-state index contributed by atoms with van der Waals surface area (Å²) in [6, 6.07) is 12.5. The van der Waals surface area contributed by atoms with E-state index in [0.717, 1.165) is 24.3 Å². The first-order chi connectivity index (χ1) is 13.6. The molecule has 0 spiro atoms. The molecule has 1 heterocycles. The molecule has 2 nitrogen and oxygen atoms in total. The second-order valence-electron chi connectivity index (χ2n) is 6.22. The summed E-state index contributed by atoms with van der Waals surface area (Å²) in [5.74, 6) is 0. The third-order valence-corrected chi connectivity index (χ3v) is 4.25. The summed E-state index contributed by atoms with van der Waals surface area (Å²) in [4.78, 5) is 4.13. The molecule has 0 saturated heterocycles. The molecule has 0 radical (unpaired) electrons. The molecule has 0 amide bonds. The van der Waals surface area contributed by atoms with Crippen molar-refractivity contribution in [2.24, 2.45) is 0 Å². The Morgan fingerprint density at radius 3 is 1.90 bits per heavy atom. The van der Waals surface area contributed by atoms with Crippen LogP contribution in [0.15, 0.2) is 60.8 Å². The van der Waals surface area contributed by atoms with Crippen LogP contribution >= 0.6 is 0 Å². The topological polar surface area (TPSA) is 36.7 Å². The van der Waals surface area contributed by atoms with E-state index in [1.807, 2.05) is 6.07 Å². The fourth-order valence-corrected chi connectivity index (χ4v) is 2.86. The van der Waals surface area contributed by atoms with Crippen LogP contribution in [0.2, 0.25) is 0 Å². The van der Waals surface area contributed by atoms with Gasteiger partial charge in [-0.2, -0.15) is 31.6 Å². The number of benzene rings is 2. The summed E-state index contributed by atoms with van der Waals surface area (Å²) in [6.45, 7) is 0. The Morgan fingerprint density at radius 2 is 1.34 bits per heavy atom. The summed E-state index contributed by atoms with van der Waals surface area (Å²) in [5.41, 5.74) is -0.414. The zero-order valence-corrected chi connectivity index (χ0v) is 14.6. The van der Waals surface area contributed by atoms with Gasteiger partial charge in [0.1, 0.15) is 0 Å². The minimum Gasteiger partial charge on any atom is -0.256 e. The van der Waals surface area contributed by atoms with Gasteiger partial charge in [-0.3, -0.25) is 4.98 Å². The van der Waals surface area contributed by atoms with Gasteiger partial charge in [0.15, 0.2) is 0 Å². The molecule has 0 unspecified atom stereocenters. The van der Waals surface area contributed by atoms with Gasteiger partial charge in [-0.25, -0.2) is 0 Å². The summed E-state index contributed by atoms with van der Waals surface area (Å²) >= 11 is 0. The molecule has 3 rings (SSSR count). The van der Waals surface area contributed by atoms with E-state index >= 15 is 0 Å². The summed E-state index contributed by atoms with van der Waals surface area (Å²) in [7, 11) is 0. The molecule has 2 aromatic carbocycles. The molecule has 1 aromatic heterocycles. The minimum atomic E-state index is -4.53. The van der Waals surface area contributed by atoms with E-state index in [1.165, 1.54) is 36.5 Å². The zero-order valence-electron chi connectivity index (χ0n) is 14.6. The number of rotatable bonds is 3. The lowest BCUT2D eigenvalue weighted by atomic mass is 9.96. The van der Waals surface area contributed by atoms with Gasteiger partial charge in [0.2, 0.25) is 0 Å². The highest BCUT2D eigenvalue weighted by Crippen LogP contribution is 2.35. The quantitative estimate of drug-likeness (QED) is 0.465. The van der Waals surface area contributed by atoms with E-state index < -0.39 is 23.5 Å². The molecule has 0 aliphatic heterocycles. The van der Waals surface area contributed by atoms with Gasteiger partial charge in [-0.1, -0.05) is 24.3 Å². The van der Waals surface area contributed by atoms with Crippen molar-refractivity contribution in [3.05, 3.63) is 77.5 Å². The Kier molecular flexibility index (Phi) is 5.33. The fourth-order valence-electron chi connectivity index (χ4n) is 2.86. The summed E-state index contributed by atoms with van der Waals surface area (Å²) < 4.78 is 77.8. The molecule has 0 N–H and O–H groups in total. The number of pyridine rings is 1. The van der Waals surface area contributed by atoms with E-state index in [0.29, 0.717) is 11.1 Å². The van der Waals surface area contributed by atoms with Crippen LogP contribution in [0.5, 0.6) is 0 Å². The highest BCUT2D eigenvalue weighted by atomic mass is 19.4. The average molecular weight is 406 g/mol.